The number of nitrogens with zero attached hydrogens (tertiary/aromatic N) is 1. The van der Waals surface area contributed by atoms with Crippen LogP contribution in [0.1, 0.15) is 17.9 Å². The van der Waals surface area contributed by atoms with Crippen LogP contribution in [0.15, 0.2) is 48.5 Å². The number of nitriles is 1. The second kappa shape index (κ2) is 7.56. The van der Waals surface area contributed by atoms with E-state index in [1.165, 1.54) is 0 Å². The number of hydrogen-bond donors (Lipinski definition) is 0. The highest BCUT2D eigenvalue weighted by atomic mass is 35.5. The molecule has 0 aliphatic heterocycles. The van der Waals surface area contributed by atoms with Crippen LogP contribution in [0.3, 0.4) is 0 Å². The molecular formula is C17H16ClNO2. The van der Waals surface area contributed by atoms with Crippen LogP contribution in [0, 0.1) is 11.3 Å². The van der Waals surface area contributed by atoms with Gasteiger partial charge in [-0.25, -0.2) is 0 Å². The topological polar surface area (TPSA) is 42.2 Å². The van der Waals surface area contributed by atoms with Gasteiger partial charge in [-0.1, -0.05) is 35.9 Å². The molecule has 0 aromatic heterocycles. The van der Waals surface area contributed by atoms with Gasteiger partial charge < -0.3 is 9.47 Å². The fraction of sp³-hybridized carbons (Fsp3) is 0.235. The molecule has 0 fully saturated rings. The second-order valence-electron chi connectivity index (χ2n) is 4.52. The van der Waals surface area contributed by atoms with Gasteiger partial charge in [0.1, 0.15) is 0 Å². The summed E-state index contributed by atoms with van der Waals surface area (Å²) in [6.45, 7) is 0.436. The molecule has 3 nitrogen and oxygen atoms in total. The number of para-hydroxylation sites is 2. The van der Waals surface area contributed by atoms with Crippen molar-refractivity contribution in [1.29, 1.82) is 5.26 Å². The first kappa shape index (κ1) is 15.2. The number of methoxy groups -OCH3 is 1. The zero-order valence-corrected chi connectivity index (χ0v) is 12.5. The van der Waals surface area contributed by atoms with Gasteiger partial charge in [0, 0.05) is 11.4 Å². The fourth-order valence-electron chi connectivity index (χ4n) is 2.05. The van der Waals surface area contributed by atoms with Gasteiger partial charge in [0.05, 0.1) is 25.7 Å². The van der Waals surface area contributed by atoms with E-state index >= 15 is 0 Å². The first-order chi connectivity index (χ1) is 10.2. The van der Waals surface area contributed by atoms with Gasteiger partial charge in [0.15, 0.2) is 11.5 Å². The van der Waals surface area contributed by atoms with Gasteiger partial charge in [-0.2, -0.15) is 5.26 Å². The van der Waals surface area contributed by atoms with Crippen molar-refractivity contribution in [3.8, 4) is 17.6 Å². The highest BCUT2D eigenvalue weighted by molar-refractivity contribution is 6.30. The van der Waals surface area contributed by atoms with Crippen LogP contribution in [0.2, 0.25) is 5.02 Å². The Labute approximate surface area is 129 Å². The summed E-state index contributed by atoms with van der Waals surface area (Å²) in [7, 11) is 1.60. The van der Waals surface area contributed by atoms with E-state index in [9.17, 15) is 5.26 Å². The normalized spacial score (nSPS) is 11.5. The Hall–Kier alpha value is -2.18. The molecule has 2 rings (SSSR count). The molecule has 0 amide bonds. The minimum Gasteiger partial charge on any atom is -0.493 e. The Balaban J connectivity index is 1.97. The minimum absolute atomic E-state index is 0.238. The van der Waals surface area contributed by atoms with Crippen LogP contribution < -0.4 is 9.47 Å². The summed E-state index contributed by atoms with van der Waals surface area (Å²) in [6.07, 6.45) is 0.592. The molecular weight excluding hydrogens is 286 g/mol. The maximum Gasteiger partial charge on any atom is 0.161 e. The summed E-state index contributed by atoms with van der Waals surface area (Å²) >= 11 is 5.96. The zero-order chi connectivity index (χ0) is 15.1. The van der Waals surface area contributed by atoms with Crippen LogP contribution in [-0.4, -0.2) is 13.7 Å². The lowest BCUT2D eigenvalue weighted by Gasteiger charge is -2.13. The molecule has 1 atom stereocenters. The third kappa shape index (κ3) is 4.14. The van der Waals surface area contributed by atoms with Crippen molar-refractivity contribution in [3.05, 3.63) is 59.1 Å². The number of hydrogen-bond acceptors (Lipinski definition) is 3. The van der Waals surface area contributed by atoms with Gasteiger partial charge in [-0.05, 0) is 29.8 Å². The molecule has 21 heavy (non-hydrogen) atoms. The molecule has 0 saturated heterocycles. The maximum atomic E-state index is 9.29. The van der Waals surface area contributed by atoms with Crippen molar-refractivity contribution in [3.63, 3.8) is 0 Å². The number of rotatable bonds is 6. The molecule has 1 unspecified atom stereocenters. The second-order valence-corrected chi connectivity index (χ2v) is 4.96. The highest BCUT2D eigenvalue weighted by Crippen LogP contribution is 2.27. The Kier molecular flexibility index (Phi) is 5.48. The van der Waals surface area contributed by atoms with Crippen LogP contribution in [0.5, 0.6) is 11.5 Å². The summed E-state index contributed by atoms with van der Waals surface area (Å²) in [5, 5.41) is 9.93. The standard InChI is InChI=1S/C17H16ClNO2/c1-20-16-7-2-3-8-17(16)21-10-9-14(12-19)13-5-4-6-15(18)11-13/h2-8,11,14H,9-10H2,1H3. The predicted molar refractivity (Wildman–Crippen MR) is 82.9 cm³/mol. The molecule has 0 aliphatic carbocycles. The number of benzene rings is 2. The van der Waals surface area contributed by atoms with Gasteiger partial charge >= 0.3 is 0 Å². The molecule has 0 spiro atoms. The molecule has 0 saturated carbocycles. The summed E-state index contributed by atoms with van der Waals surface area (Å²) < 4.78 is 10.9. The fourth-order valence-corrected chi connectivity index (χ4v) is 2.25. The van der Waals surface area contributed by atoms with Crippen LogP contribution >= 0.6 is 11.6 Å². The lowest BCUT2D eigenvalue weighted by Crippen LogP contribution is -2.05. The van der Waals surface area contributed by atoms with Crippen molar-refractivity contribution in [2.24, 2.45) is 0 Å². The van der Waals surface area contributed by atoms with Crippen molar-refractivity contribution in [2.45, 2.75) is 12.3 Å². The van der Waals surface area contributed by atoms with Crippen LogP contribution in [0.25, 0.3) is 0 Å². The van der Waals surface area contributed by atoms with Crippen LogP contribution in [-0.2, 0) is 0 Å². The summed E-state index contributed by atoms with van der Waals surface area (Å²) in [5.41, 5.74) is 0.911. The van der Waals surface area contributed by atoms with E-state index < -0.39 is 0 Å². The van der Waals surface area contributed by atoms with Gasteiger partial charge in [0.2, 0.25) is 0 Å². The average molecular weight is 302 g/mol. The Morgan fingerprint density at radius 3 is 2.57 bits per heavy atom. The molecule has 0 heterocycles. The van der Waals surface area contributed by atoms with Gasteiger partial charge in [-0.3, -0.25) is 0 Å². The third-order valence-corrected chi connectivity index (χ3v) is 3.38. The molecule has 108 valence electrons. The molecule has 0 aliphatic rings. The first-order valence-corrected chi connectivity index (χ1v) is 7.03. The molecule has 2 aromatic carbocycles. The van der Waals surface area contributed by atoms with E-state index in [1.54, 1.807) is 13.2 Å². The molecule has 0 bridgehead atoms. The van der Waals surface area contributed by atoms with E-state index in [-0.39, 0.29) is 5.92 Å². The largest absolute Gasteiger partial charge is 0.493 e. The Morgan fingerprint density at radius 2 is 1.90 bits per heavy atom. The highest BCUT2D eigenvalue weighted by Gasteiger charge is 2.12. The smallest absolute Gasteiger partial charge is 0.161 e. The van der Waals surface area contributed by atoms with Crippen molar-refractivity contribution >= 4 is 11.6 Å². The van der Waals surface area contributed by atoms with E-state index in [2.05, 4.69) is 6.07 Å². The lowest BCUT2D eigenvalue weighted by molar-refractivity contribution is 0.285. The van der Waals surface area contributed by atoms with Crippen LogP contribution in [0.4, 0.5) is 0 Å². The Morgan fingerprint density at radius 1 is 1.14 bits per heavy atom. The molecule has 0 radical (unpaired) electrons. The van der Waals surface area contributed by atoms with Crippen molar-refractivity contribution in [1.82, 2.24) is 0 Å². The summed E-state index contributed by atoms with van der Waals surface area (Å²) in [6, 6.07) is 17.1. The van der Waals surface area contributed by atoms with E-state index in [0.717, 1.165) is 5.56 Å². The van der Waals surface area contributed by atoms with E-state index in [0.29, 0.717) is 29.5 Å². The first-order valence-electron chi connectivity index (χ1n) is 6.65. The van der Waals surface area contributed by atoms with Crippen molar-refractivity contribution in [2.75, 3.05) is 13.7 Å². The molecule has 2 aromatic rings. The molecule has 4 heteroatoms. The van der Waals surface area contributed by atoms with Gasteiger partial charge in [0.25, 0.3) is 0 Å². The lowest BCUT2D eigenvalue weighted by atomic mass is 9.98. The van der Waals surface area contributed by atoms with Crippen molar-refractivity contribution < 1.29 is 9.47 Å². The summed E-state index contributed by atoms with van der Waals surface area (Å²) in [5.74, 6) is 1.13. The number of halogens is 1. The average Bonchev–Trinajstić information content (AvgIpc) is 2.52. The third-order valence-electron chi connectivity index (χ3n) is 3.14. The number of ether oxygens (including phenoxy) is 2. The SMILES string of the molecule is COc1ccccc1OCCC(C#N)c1cccc(Cl)c1. The van der Waals surface area contributed by atoms with E-state index in [4.69, 9.17) is 21.1 Å². The van der Waals surface area contributed by atoms with Gasteiger partial charge in [-0.15, -0.1) is 0 Å². The maximum absolute atomic E-state index is 9.29. The quantitative estimate of drug-likeness (QED) is 0.793. The zero-order valence-electron chi connectivity index (χ0n) is 11.8. The predicted octanol–water partition coefficient (Wildman–Crippen LogP) is 4.42. The van der Waals surface area contributed by atoms with E-state index in [1.807, 2.05) is 42.5 Å². The minimum atomic E-state index is -0.238. The monoisotopic (exact) mass is 301 g/mol. The Bertz CT molecular complexity index is 637. The summed E-state index contributed by atoms with van der Waals surface area (Å²) in [4.78, 5) is 0. The molecule has 0 N–H and O–H groups in total.